The molecule has 0 amide bonds. The average molecular weight is 233 g/mol. The zero-order valence-electron chi connectivity index (χ0n) is 12.5. The zero-order valence-corrected chi connectivity index (χ0v) is 12.5. The fraction of sp³-hybridized carbons (Fsp3) is 0.688. The van der Waals surface area contributed by atoms with Crippen molar-refractivity contribution in [1.82, 2.24) is 0 Å². The summed E-state index contributed by atoms with van der Waals surface area (Å²) in [5.74, 6) is 0.549. The van der Waals surface area contributed by atoms with E-state index in [1.165, 1.54) is 11.1 Å². The molecule has 0 aliphatic carbocycles. The Morgan fingerprint density at radius 2 is 1.88 bits per heavy atom. The van der Waals surface area contributed by atoms with Crippen molar-refractivity contribution >= 4 is 6.21 Å². The van der Waals surface area contributed by atoms with E-state index in [0.717, 1.165) is 6.42 Å². The monoisotopic (exact) mass is 233 g/mol. The molecular formula is C16H27N. The number of nitrogens with zero attached hydrogens (tertiary/aromatic N) is 1. The number of rotatable bonds is 3. The Balaban J connectivity index is 3.32. The standard InChI is InChI=1S/C16H27N/c1-8-15(4,5)14-11-17-16(6,7)10-9-13(14)12(2)3/h9-12H,8H2,1-7H3. The lowest BCUT2D eigenvalue weighted by atomic mass is 9.77. The lowest BCUT2D eigenvalue weighted by Crippen LogP contribution is -2.18. The molecule has 0 unspecified atom stereocenters. The van der Waals surface area contributed by atoms with E-state index in [4.69, 9.17) is 4.99 Å². The van der Waals surface area contributed by atoms with E-state index in [0.29, 0.717) is 5.92 Å². The van der Waals surface area contributed by atoms with Gasteiger partial charge in [0.25, 0.3) is 0 Å². The van der Waals surface area contributed by atoms with Crippen LogP contribution in [-0.2, 0) is 0 Å². The van der Waals surface area contributed by atoms with E-state index < -0.39 is 0 Å². The molecule has 0 aromatic heterocycles. The van der Waals surface area contributed by atoms with E-state index in [9.17, 15) is 0 Å². The topological polar surface area (TPSA) is 12.4 Å². The highest BCUT2D eigenvalue weighted by Gasteiger charge is 2.26. The lowest BCUT2D eigenvalue weighted by molar-refractivity contribution is 0.440. The fourth-order valence-corrected chi connectivity index (χ4v) is 1.99. The molecule has 0 atom stereocenters. The van der Waals surface area contributed by atoms with E-state index in [1.807, 2.05) is 0 Å². The molecule has 0 fully saturated rings. The highest BCUT2D eigenvalue weighted by Crippen LogP contribution is 2.36. The highest BCUT2D eigenvalue weighted by atomic mass is 14.8. The van der Waals surface area contributed by atoms with Crippen LogP contribution >= 0.6 is 0 Å². The second-order valence-electron chi connectivity index (χ2n) is 6.51. The molecule has 1 aliphatic heterocycles. The first-order valence-corrected chi connectivity index (χ1v) is 6.69. The van der Waals surface area contributed by atoms with Crippen molar-refractivity contribution in [2.75, 3.05) is 0 Å². The van der Waals surface area contributed by atoms with Gasteiger partial charge in [-0.15, -0.1) is 0 Å². The van der Waals surface area contributed by atoms with Crippen molar-refractivity contribution in [1.29, 1.82) is 0 Å². The summed E-state index contributed by atoms with van der Waals surface area (Å²) in [6.07, 6.45) is 7.75. The number of hydrogen-bond donors (Lipinski definition) is 0. The maximum Gasteiger partial charge on any atom is 0.0734 e. The number of allylic oxidation sites excluding steroid dienone is 3. The van der Waals surface area contributed by atoms with Gasteiger partial charge in [-0.05, 0) is 42.7 Å². The van der Waals surface area contributed by atoms with Gasteiger partial charge < -0.3 is 0 Å². The van der Waals surface area contributed by atoms with Gasteiger partial charge in [-0.2, -0.15) is 0 Å². The summed E-state index contributed by atoms with van der Waals surface area (Å²) >= 11 is 0. The maximum atomic E-state index is 4.71. The van der Waals surface area contributed by atoms with Crippen LogP contribution in [0.25, 0.3) is 0 Å². The summed E-state index contributed by atoms with van der Waals surface area (Å²) in [5.41, 5.74) is 2.96. The van der Waals surface area contributed by atoms with Crippen molar-refractivity contribution < 1.29 is 0 Å². The molecule has 0 N–H and O–H groups in total. The van der Waals surface area contributed by atoms with Gasteiger partial charge in [-0.3, -0.25) is 4.99 Å². The van der Waals surface area contributed by atoms with Gasteiger partial charge in [0, 0.05) is 6.21 Å². The van der Waals surface area contributed by atoms with Crippen LogP contribution in [0.3, 0.4) is 0 Å². The molecule has 1 heteroatoms. The van der Waals surface area contributed by atoms with Crippen LogP contribution in [0.5, 0.6) is 0 Å². The van der Waals surface area contributed by atoms with Crippen LogP contribution in [-0.4, -0.2) is 11.8 Å². The predicted molar refractivity (Wildman–Crippen MR) is 77.6 cm³/mol. The number of hydrogen-bond acceptors (Lipinski definition) is 1. The normalized spacial score (nSPS) is 20.0. The van der Waals surface area contributed by atoms with Crippen molar-refractivity contribution in [2.45, 2.75) is 60.4 Å². The molecule has 0 radical (unpaired) electrons. The van der Waals surface area contributed by atoms with E-state index in [-0.39, 0.29) is 11.0 Å². The molecular weight excluding hydrogens is 206 g/mol. The van der Waals surface area contributed by atoms with Crippen molar-refractivity contribution in [2.24, 2.45) is 16.3 Å². The Bertz CT molecular complexity index is 365. The average Bonchev–Trinajstić information content (AvgIpc) is 2.37. The molecule has 0 aromatic rings. The van der Waals surface area contributed by atoms with Gasteiger partial charge in [0.15, 0.2) is 0 Å². The second kappa shape index (κ2) is 4.80. The minimum atomic E-state index is -0.0777. The summed E-state index contributed by atoms with van der Waals surface area (Å²) in [6, 6.07) is 0. The van der Waals surface area contributed by atoms with Crippen LogP contribution in [0.1, 0.15) is 54.9 Å². The van der Waals surface area contributed by atoms with Gasteiger partial charge >= 0.3 is 0 Å². The third kappa shape index (κ3) is 3.31. The summed E-state index contributed by atoms with van der Waals surface area (Å²) < 4.78 is 0. The first kappa shape index (κ1) is 14.2. The minimum Gasteiger partial charge on any atom is -0.283 e. The minimum absolute atomic E-state index is 0.0777. The van der Waals surface area contributed by atoms with E-state index in [2.05, 4.69) is 66.8 Å². The predicted octanol–water partition coefficient (Wildman–Crippen LogP) is 4.79. The zero-order chi connectivity index (χ0) is 13.3. The first-order valence-electron chi connectivity index (χ1n) is 6.69. The SMILES string of the molecule is CCC(C)(C)C1=C(C(C)C)C=CC(C)(C)N=C1. The summed E-state index contributed by atoms with van der Waals surface area (Å²) in [5, 5.41) is 0. The van der Waals surface area contributed by atoms with Crippen LogP contribution in [0, 0.1) is 11.3 Å². The Morgan fingerprint density at radius 3 is 2.35 bits per heavy atom. The third-order valence-corrected chi connectivity index (χ3v) is 3.74. The molecule has 1 nitrogen and oxygen atoms in total. The lowest BCUT2D eigenvalue weighted by Gasteiger charge is -2.27. The summed E-state index contributed by atoms with van der Waals surface area (Å²) in [6.45, 7) is 15.7. The van der Waals surface area contributed by atoms with Crippen LogP contribution in [0.15, 0.2) is 28.3 Å². The fourth-order valence-electron chi connectivity index (χ4n) is 1.99. The van der Waals surface area contributed by atoms with Crippen LogP contribution in [0.4, 0.5) is 0 Å². The molecule has 17 heavy (non-hydrogen) atoms. The van der Waals surface area contributed by atoms with Gasteiger partial charge in [-0.25, -0.2) is 0 Å². The van der Waals surface area contributed by atoms with Gasteiger partial charge in [-0.1, -0.05) is 46.8 Å². The van der Waals surface area contributed by atoms with Gasteiger partial charge in [0.2, 0.25) is 0 Å². The number of aliphatic imine (C=N–C) groups is 1. The Hall–Kier alpha value is -0.850. The molecule has 0 bridgehead atoms. The molecule has 0 saturated heterocycles. The van der Waals surface area contributed by atoms with Gasteiger partial charge in [0.05, 0.1) is 5.54 Å². The van der Waals surface area contributed by atoms with Crippen molar-refractivity contribution in [3.8, 4) is 0 Å². The van der Waals surface area contributed by atoms with Gasteiger partial charge in [0.1, 0.15) is 0 Å². The Kier molecular flexibility index (Phi) is 4.01. The van der Waals surface area contributed by atoms with Crippen LogP contribution < -0.4 is 0 Å². The Labute approximate surface area is 107 Å². The van der Waals surface area contributed by atoms with E-state index in [1.54, 1.807) is 0 Å². The Morgan fingerprint density at radius 1 is 1.29 bits per heavy atom. The molecule has 1 rings (SSSR count). The van der Waals surface area contributed by atoms with Crippen LogP contribution in [0.2, 0.25) is 0 Å². The smallest absolute Gasteiger partial charge is 0.0734 e. The molecule has 0 aromatic carbocycles. The van der Waals surface area contributed by atoms with Crippen molar-refractivity contribution in [3.05, 3.63) is 23.3 Å². The molecule has 0 spiro atoms. The molecule has 0 saturated carbocycles. The molecule has 1 heterocycles. The third-order valence-electron chi connectivity index (χ3n) is 3.74. The molecule has 96 valence electrons. The highest BCUT2D eigenvalue weighted by molar-refractivity contribution is 5.83. The second-order valence-corrected chi connectivity index (χ2v) is 6.51. The summed E-state index contributed by atoms with van der Waals surface area (Å²) in [4.78, 5) is 4.71. The molecule has 1 aliphatic rings. The summed E-state index contributed by atoms with van der Waals surface area (Å²) in [7, 11) is 0. The van der Waals surface area contributed by atoms with E-state index >= 15 is 0 Å². The van der Waals surface area contributed by atoms with Crippen molar-refractivity contribution in [3.63, 3.8) is 0 Å². The quantitative estimate of drug-likeness (QED) is 0.664. The largest absolute Gasteiger partial charge is 0.283 e. The first-order chi connectivity index (χ1) is 7.69. The maximum absolute atomic E-state index is 4.71.